The van der Waals surface area contributed by atoms with E-state index in [1.165, 1.54) is 6.20 Å². The van der Waals surface area contributed by atoms with Gasteiger partial charge in [0.2, 0.25) is 0 Å². The predicted octanol–water partition coefficient (Wildman–Crippen LogP) is 3.30. The molecule has 100 valence electrons. The van der Waals surface area contributed by atoms with Crippen molar-refractivity contribution in [1.82, 2.24) is 9.97 Å². The molecule has 0 atom stereocenters. The first kappa shape index (κ1) is 13.9. The molecule has 0 spiro atoms. The molecule has 1 aromatic carbocycles. The zero-order valence-corrected chi connectivity index (χ0v) is 11.9. The van der Waals surface area contributed by atoms with Crippen LogP contribution in [0.25, 0.3) is 0 Å². The minimum Gasteiger partial charge on any atom is -0.492 e. The second-order valence-corrected chi connectivity index (χ2v) is 4.75. The molecule has 0 aliphatic rings. The molecular formula is C13H13Cl2N3O. The van der Waals surface area contributed by atoms with Gasteiger partial charge in [-0.2, -0.15) is 0 Å². The van der Waals surface area contributed by atoms with Crippen molar-refractivity contribution in [3.8, 4) is 5.75 Å². The fourth-order valence-corrected chi connectivity index (χ4v) is 1.81. The van der Waals surface area contributed by atoms with Gasteiger partial charge in [0.25, 0.3) is 0 Å². The van der Waals surface area contributed by atoms with Crippen LogP contribution in [0.2, 0.25) is 10.2 Å². The summed E-state index contributed by atoms with van der Waals surface area (Å²) in [5, 5.41) is 1.03. The van der Waals surface area contributed by atoms with Gasteiger partial charge in [-0.05, 0) is 18.2 Å². The van der Waals surface area contributed by atoms with Crippen molar-refractivity contribution in [2.75, 3.05) is 25.1 Å². The first-order valence-electron chi connectivity index (χ1n) is 5.72. The highest BCUT2D eigenvalue weighted by atomic mass is 35.5. The van der Waals surface area contributed by atoms with E-state index in [0.717, 1.165) is 5.75 Å². The number of likely N-dealkylation sites (N-methyl/N-ethyl adjacent to an activating group) is 1. The van der Waals surface area contributed by atoms with Gasteiger partial charge in [-0.3, -0.25) is 4.98 Å². The molecule has 0 saturated carbocycles. The van der Waals surface area contributed by atoms with Crippen LogP contribution in [0.3, 0.4) is 0 Å². The topological polar surface area (TPSA) is 38.2 Å². The third kappa shape index (κ3) is 4.26. The maximum atomic E-state index is 5.88. The molecule has 0 bridgehead atoms. The number of halogens is 2. The molecule has 0 saturated heterocycles. The molecular weight excluding hydrogens is 285 g/mol. The Morgan fingerprint density at radius 1 is 1.26 bits per heavy atom. The number of hydrogen-bond donors (Lipinski definition) is 0. The molecule has 4 nitrogen and oxygen atoms in total. The summed E-state index contributed by atoms with van der Waals surface area (Å²) in [6, 6.07) is 7.30. The van der Waals surface area contributed by atoms with Crippen LogP contribution in [0, 0.1) is 0 Å². The van der Waals surface area contributed by atoms with Crippen molar-refractivity contribution in [3.63, 3.8) is 0 Å². The highest BCUT2D eigenvalue weighted by molar-refractivity contribution is 6.30. The van der Waals surface area contributed by atoms with Crippen molar-refractivity contribution in [2.45, 2.75) is 0 Å². The van der Waals surface area contributed by atoms with Gasteiger partial charge in [0.1, 0.15) is 23.3 Å². The SMILES string of the molecule is CN(CCOc1cccc(Cl)c1)c1cncc(Cl)n1. The van der Waals surface area contributed by atoms with Crippen LogP contribution in [0.15, 0.2) is 36.7 Å². The van der Waals surface area contributed by atoms with Gasteiger partial charge < -0.3 is 9.64 Å². The Morgan fingerprint density at radius 2 is 2.11 bits per heavy atom. The number of rotatable bonds is 5. The first-order valence-corrected chi connectivity index (χ1v) is 6.48. The standard InChI is InChI=1S/C13H13Cl2N3O/c1-18(13-9-16-8-12(15)17-13)5-6-19-11-4-2-3-10(14)7-11/h2-4,7-9H,5-6H2,1H3. The Balaban J connectivity index is 1.85. The summed E-state index contributed by atoms with van der Waals surface area (Å²) >= 11 is 11.7. The maximum absolute atomic E-state index is 5.88. The second kappa shape index (κ2) is 6.59. The van der Waals surface area contributed by atoms with Crippen molar-refractivity contribution in [1.29, 1.82) is 0 Å². The van der Waals surface area contributed by atoms with Crippen molar-refractivity contribution < 1.29 is 4.74 Å². The van der Waals surface area contributed by atoms with E-state index in [9.17, 15) is 0 Å². The van der Waals surface area contributed by atoms with Crippen LogP contribution >= 0.6 is 23.2 Å². The number of hydrogen-bond acceptors (Lipinski definition) is 4. The van der Waals surface area contributed by atoms with E-state index in [0.29, 0.717) is 29.1 Å². The number of nitrogens with zero attached hydrogens (tertiary/aromatic N) is 3. The Hall–Kier alpha value is -1.52. The second-order valence-electron chi connectivity index (χ2n) is 3.93. The minimum absolute atomic E-state index is 0.375. The summed E-state index contributed by atoms with van der Waals surface area (Å²) in [4.78, 5) is 10.1. The summed E-state index contributed by atoms with van der Waals surface area (Å²) in [5.74, 6) is 1.46. The monoisotopic (exact) mass is 297 g/mol. The Bertz CT molecular complexity index is 551. The quantitative estimate of drug-likeness (QED) is 0.849. The van der Waals surface area contributed by atoms with Crippen molar-refractivity contribution in [2.24, 2.45) is 0 Å². The van der Waals surface area contributed by atoms with Crippen molar-refractivity contribution in [3.05, 3.63) is 46.8 Å². The third-order valence-electron chi connectivity index (χ3n) is 2.48. The molecule has 2 rings (SSSR count). The average Bonchev–Trinajstić information content (AvgIpc) is 2.38. The largest absolute Gasteiger partial charge is 0.492 e. The maximum Gasteiger partial charge on any atom is 0.149 e. The summed E-state index contributed by atoms with van der Waals surface area (Å²) in [6.07, 6.45) is 3.16. The van der Waals surface area contributed by atoms with Gasteiger partial charge >= 0.3 is 0 Å². The smallest absolute Gasteiger partial charge is 0.149 e. The van der Waals surface area contributed by atoms with Gasteiger partial charge in [-0.15, -0.1) is 0 Å². The van der Waals surface area contributed by atoms with Gasteiger partial charge in [0.15, 0.2) is 0 Å². The van der Waals surface area contributed by atoms with E-state index in [4.69, 9.17) is 27.9 Å². The molecule has 0 aliphatic heterocycles. The molecule has 0 fully saturated rings. The zero-order valence-electron chi connectivity index (χ0n) is 10.4. The molecule has 0 amide bonds. The van der Waals surface area contributed by atoms with E-state index in [1.807, 2.05) is 30.1 Å². The van der Waals surface area contributed by atoms with Gasteiger partial charge in [-0.1, -0.05) is 29.3 Å². The summed E-state index contributed by atoms with van der Waals surface area (Å²) in [7, 11) is 1.90. The van der Waals surface area contributed by atoms with Crippen LogP contribution in [0.4, 0.5) is 5.82 Å². The summed E-state index contributed by atoms with van der Waals surface area (Å²) < 4.78 is 5.60. The fourth-order valence-electron chi connectivity index (χ4n) is 1.49. The van der Waals surface area contributed by atoms with Gasteiger partial charge in [0.05, 0.1) is 18.9 Å². The highest BCUT2D eigenvalue weighted by Gasteiger charge is 2.04. The molecule has 0 radical (unpaired) electrons. The Kier molecular flexibility index (Phi) is 4.82. The molecule has 1 heterocycles. The number of benzene rings is 1. The summed E-state index contributed by atoms with van der Waals surface area (Å²) in [5.41, 5.74) is 0. The lowest BCUT2D eigenvalue weighted by Crippen LogP contribution is -2.24. The predicted molar refractivity (Wildman–Crippen MR) is 77.3 cm³/mol. The molecule has 0 unspecified atom stereocenters. The van der Waals surface area contributed by atoms with Crippen molar-refractivity contribution >= 4 is 29.0 Å². The average molecular weight is 298 g/mol. The van der Waals surface area contributed by atoms with Crippen LogP contribution in [0.1, 0.15) is 0 Å². The van der Waals surface area contributed by atoms with E-state index < -0.39 is 0 Å². The fraction of sp³-hybridized carbons (Fsp3) is 0.231. The van der Waals surface area contributed by atoms with Crippen LogP contribution in [-0.2, 0) is 0 Å². The van der Waals surface area contributed by atoms with E-state index in [1.54, 1.807) is 12.3 Å². The number of ether oxygens (including phenoxy) is 1. The lowest BCUT2D eigenvalue weighted by Gasteiger charge is -2.18. The van der Waals surface area contributed by atoms with E-state index in [-0.39, 0.29) is 0 Å². The minimum atomic E-state index is 0.375. The molecule has 19 heavy (non-hydrogen) atoms. The Labute approximate surface area is 122 Å². The highest BCUT2D eigenvalue weighted by Crippen LogP contribution is 2.17. The third-order valence-corrected chi connectivity index (χ3v) is 2.89. The van der Waals surface area contributed by atoms with Crippen LogP contribution in [0.5, 0.6) is 5.75 Å². The molecule has 0 aliphatic carbocycles. The zero-order chi connectivity index (χ0) is 13.7. The van der Waals surface area contributed by atoms with Crippen LogP contribution < -0.4 is 9.64 Å². The first-order chi connectivity index (χ1) is 9.15. The van der Waals surface area contributed by atoms with Gasteiger partial charge in [0, 0.05) is 12.1 Å². The van der Waals surface area contributed by atoms with Crippen LogP contribution in [-0.4, -0.2) is 30.2 Å². The lowest BCUT2D eigenvalue weighted by molar-refractivity contribution is 0.325. The molecule has 1 aromatic heterocycles. The lowest BCUT2D eigenvalue weighted by atomic mass is 10.3. The number of anilines is 1. The van der Waals surface area contributed by atoms with Gasteiger partial charge in [-0.25, -0.2) is 4.98 Å². The molecule has 0 N–H and O–H groups in total. The van der Waals surface area contributed by atoms with E-state index >= 15 is 0 Å². The molecule has 2 aromatic rings. The molecule has 6 heteroatoms. The Morgan fingerprint density at radius 3 is 2.84 bits per heavy atom. The van der Waals surface area contributed by atoms with E-state index in [2.05, 4.69) is 9.97 Å². The number of aromatic nitrogens is 2. The normalized spacial score (nSPS) is 10.3. The summed E-state index contributed by atoms with van der Waals surface area (Å²) in [6.45, 7) is 1.19.